The molecule has 0 aliphatic heterocycles. The van der Waals surface area contributed by atoms with E-state index in [-0.39, 0.29) is 0 Å². The van der Waals surface area contributed by atoms with Gasteiger partial charge in [0.15, 0.2) is 5.65 Å². The lowest BCUT2D eigenvalue weighted by molar-refractivity contribution is 0.360. The first-order chi connectivity index (χ1) is 8.93. The summed E-state index contributed by atoms with van der Waals surface area (Å²) in [5.74, 6) is 0.639. The molecule has 2 heterocycles. The lowest BCUT2D eigenvalue weighted by atomic mass is 9.92. The van der Waals surface area contributed by atoms with Gasteiger partial charge in [-0.2, -0.15) is 5.10 Å². The van der Waals surface area contributed by atoms with Crippen molar-refractivity contribution in [2.24, 2.45) is 12.5 Å². The van der Waals surface area contributed by atoms with Gasteiger partial charge in [0.25, 0.3) is 0 Å². The van der Waals surface area contributed by atoms with Crippen LogP contribution in [0.5, 0.6) is 0 Å². The highest BCUT2D eigenvalue weighted by molar-refractivity contribution is 5.78. The van der Waals surface area contributed by atoms with E-state index in [0.717, 1.165) is 29.7 Å². The second-order valence-corrected chi connectivity index (χ2v) is 6.50. The topological polar surface area (TPSA) is 61.7 Å². The highest BCUT2D eigenvalue weighted by atomic mass is 15.4. The SMILES string of the molecule is CCc1nn(C)c2c1nc(N)n2C1CCC(C)(C)C1. The van der Waals surface area contributed by atoms with Crippen LogP contribution in [0.1, 0.15) is 51.8 Å². The highest BCUT2D eigenvalue weighted by Crippen LogP contribution is 2.45. The summed E-state index contributed by atoms with van der Waals surface area (Å²) in [6.45, 7) is 6.77. The number of nitrogen functional groups attached to an aromatic ring is 1. The predicted molar refractivity (Wildman–Crippen MR) is 77.0 cm³/mol. The first kappa shape index (κ1) is 12.5. The first-order valence-electron chi connectivity index (χ1n) is 7.12. The number of hydrogen-bond acceptors (Lipinski definition) is 3. The average molecular weight is 261 g/mol. The fourth-order valence-electron chi connectivity index (χ4n) is 3.44. The maximum absolute atomic E-state index is 6.17. The molecule has 1 aliphatic carbocycles. The van der Waals surface area contributed by atoms with Crippen LogP contribution in [0.25, 0.3) is 11.2 Å². The monoisotopic (exact) mass is 261 g/mol. The third kappa shape index (κ3) is 1.83. The van der Waals surface area contributed by atoms with Gasteiger partial charge < -0.3 is 5.73 Å². The van der Waals surface area contributed by atoms with Crippen LogP contribution < -0.4 is 5.73 Å². The van der Waals surface area contributed by atoms with Crippen molar-refractivity contribution in [3.63, 3.8) is 0 Å². The number of hydrogen-bond donors (Lipinski definition) is 1. The van der Waals surface area contributed by atoms with Gasteiger partial charge in [-0.1, -0.05) is 20.8 Å². The predicted octanol–water partition coefficient (Wildman–Crippen LogP) is 2.67. The third-order valence-corrected chi connectivity index (χ3v) is 4.41. The first-order valence-corrected chi connectivity index (χ1v) is 7.12. The van der Waals surface area contributed by atoms with E-state index < -0.39 is 0 Å². The molecule has 0 aromatic carbocycles. The van der Waals surface area contributed by atoms with Crippen LogP contribution in [-0.4, -0.2) is 19.3 Å². The van der Waals surface area contributed by atoms with Gasteiger partial charge in [0.05, 0.1) is 5.69 Å². The summed E-state index contributed by atoms with van der Waals surface area (Å²) in [5, 5.41) is 4.56. The van der Waals surface area contributed by atoms with Crippen LogP contribution in [0.15, 0.2) is 0 Å². The average Bonchev–Trinajstić information content (AvgIpc) is 2.93. The standard InChI is InChI=1S/C14H23N5/c1-5-10-11-12(18(4)17-10)19(13(15)16-11)9-6-7-14(2,3)8-9/h9H,5-8H2,1-4H3,(H2,15,16). The summed E-state index contributed by atoms with van der Waals surface area (Å²) in [6, 6.07) is 0.458. The third-order valence-electron chi connectivity index (χ3n) is 4.41. The molecule has 0 radical (unpaired) electrons. The minimum atomic E-state index is 0.403. The Bertz CT molecular complexity index is 619. The Morgan fingerprint density at radius 3 is 2.74 bits per heavy atom. The van der Waals surface area contributed by atoms with Gasteiger partial charge in [0.1, 0.15) is 5.52 Å². The van der Waals surface area contributed by atoms with E-state index >= 15 is 0 Å². The molecule has 2 aromatic heterocycles. The molecule has 2 aromatic rings. The molecule has 2 N–H and O–H groups in total. The van der Waals surface area contributed by atoms with Crippen molar-refractivity contribution in [3.8, 4) is 0 Å². The molecule has 1 atom stereocenters. The van der Waals surface area contributed by atoms with Crippen molar-refractivity contribution >= 4 is 17.1 Å². The Labute approximate surface area is 113 Å². The van der Waals surface area contributed by atoms with Crippen LogP contribution >= 0.6 is 0 Å². The number of rotatable bonds is 2. The minimum absolute atomic E-state index is 0.403. The van der Waals surface area contributed by atoms with Crippen LogP contribution in [0.4, 0.5) is 5.95 Å². The zero-order chi connectivity index (χ0) is 13.8. The maximum Gasteiger partial charge on any atom is 0.202 e. The Balaban J connectivity index is 2.13. The van der Waals surface area contributed by atoms with Crippen molar-refractivity contribution < 1.29 is 0 Å². The Hall–Kier alpha value is -1.52. The van der Waals surface area contributed by atoms with Gasteiger partial charge in [-0.3, -0.25) is 9.25 Å². The smallest absolute Gasteiger partial charge is 0.202 e. The number of aryl methyl sites for hydroxylation is 2. The molecule has 19 heavy (non-hydrogen) atoms. The van der Waals surface area contributed by atoms with Gasteiger partial charge in [0, 0.05) is 13.1 Å². The Morgan fingerprint density at radius 1 is 1.42 bits per heavy atom. The summed E-state index contributed by atoms with van der Waals surface area (Å²) in [6.07, 6.45) is 4.48. The molecular weight excluding hydrogens is 238 g/mol. The normalized spacial score (nSPS) is 22.4. The Kier molecular flexibility index (Phi) is 2.62. The molecule has 5 heteroatoms. The fraction of sp³-hybridized carbons (Fsp3) is 0.714. The van der Waals surface area contributed by atoms with E-state index in [0.29, 0.717) is 17.4 Å². The van der Waals surface area contributed by atoms with Crippen LogP contribution in [0, 0.1) is 5.41 Å². The highest BCUT2D eigenvalue weighted by Gasteiger charge is 2.34. The van der Waals surface area contributed by atoms with E-state index in [1.165, 1.54) is 12.8 Å². The maximum atomic E-state index is 6.17. The van der Waals surface area contributed by atoms with E-state index in [4.69, 9.17) is 5.73 Å². The Morgan fingerprint density at radius 2 is 2.16 bits per heavy atom. The quantitative estimate of drug-likeness (QED) is 0.904. The zero-order valence-corrected chi connectivity index (χ0v) is 12.3. The van der Waals surface area contributed by atoms with Crippen molar-refractivity contribution in [2.45, 2.75) is 52.5 Å². The summed E-state index contributed by atoms with van der Waals surface area (Å²) in [7, 11) is 1.99. The zero-order valence-electron chi connectivity index (χ0n) is 12.3. The van der Waals surface area contributed by atoms with Gasteiger partial charge >= 0.3 is 0 Å². The van der Waals surface area contributed by atoms with E-state index in [1.54, 1.807) is 0 Å². The molecule has 0 saturated heterocycles. The summed E-state index contributed by atoms with van der Waals surface area (Å²) in [5.41, 5.74) is 9.67. The lowest BCUT2D eigenvalue weighted by Gasteiger charge is -2.19. The number of aromatic nitrogens is 4. The molecule has 0 bridgehead atoms. The van der Waals surface area contributed by atoms with Gasteiger partial charge in [-0.25, -0.2) is 4.98 Å². The molecule has 1 aliphatic rings. The summed E-state index contributed by atoms with van der Waals surface area (Å²) in [4.78, 5) is 4.55. The fourth-order valence-corrected chi connectivity index (χ4v) is 3.44. The molecule has 1 saturated carbocycles. The van der Waals surface area contributed by atoms with Crippen molar-refractivity contribution in [1.82, 2.24) is 19.3 Å². The minimum Gasteiger partial charge on any atom is -0.369 e. The number of nitrogens with two attached hydrogens (primary N) is 1. The molecule has 104 valence electrons. The molecule has 5 nitrogen and oxygen atoms in total. The number of anilines is 1. The van der Waals surface area contributed by atoms with Crippen LogP contribution in [0.3, 0.4) is 0 Å². The number of fused-ring (bicyclic) bond motifs is 1. The number of imidazole rings is 1. The largest absolute Gasteiger partial charge is 0.369 e. The van der Waals surface area contributed by atoms with Gasteiger partial charge in [-0.15, -0.1) is 0 Å². The molecule has 0 amide bonds. The van der Waals surface area contributed by atoms with Crippen molar-refractivity contribution in [3.05, 3.63) is 5.69 Å². The molecule has 0 spiro atoms. The molecule has 3 rings (SSSR count). The van der Waals surface area contributed by atoms with Crippen LogP contribution in [-0.2, 0) is 13.5 Å². The van der Waals surface area contributed by atoms with E-state index in [1.807, 2.05) is 11.7 Å². The van der Waals surface area contributed by atoms with Crippen molar-refractivity contribution in [1.29, 1.82) is 0 Å². The van der Waals surface area contributed by atoms with E-state index in [2.05, 4.69) is 35.4 Å². The molecule has 1 fully saturated rings. The summed E-state index contributed by atoms with van der Waals surface area (Å²) < 4.78 is 4.14. The van der Waals surface area contributed by atoms with Crippen molar-refractivity contribution in [2.75, 3.05) is 5.73 Å². The van der Waals surface area contributed by atoms with E-state index in [9.17, 15) is 0 Å². The second-order valence-electron chi connectivity index (χ2n) is 6.50. The molecular formula is C14H23N5. The van der Waals surface area contributed by atoms with Gasteiger partial charge in [0.2, 0.25) is 5.95 Å². The van der Waals surface area contributed by atoms with Crippen LogP contribution in [0.2, 0.25) is 0 Å². The second kappa shape index (κ2) is 3.99. The van der Waals surface area contributed by atoms with Gasteiger partial charge in [-0.05, 0) is 31.1 Å². The number of nitrogens with zero attached hydrogens (tertiary/aromatic N) is 4. The molecule has 1 unspecified atom stereocenters. The summed E-state index contributed by atoms with van der Waals surface area (Å²) >= 11 is 0. The lowest BCUT2D eigenvalue weighted by Crippen LogP contribution is -2.13.